The van der Waals surface area contributed by atoms with E-state index in [9.17, 15) is 4.79 Å². The quantitative estimate of drug-likeness (QED) is 0.836. The lowest BCUT2D eigenvalue weighted by atomic mass is 10.3. The number of aromatic nitrogens is 4. The molecule has 0 saturated heterocycles. The zero-order valence-electron chi connectivity index (χ0n) is 11.2. The van der Waals surface area contributed by atoms with E-state index in [1.165, 1.54) is 12.8 Å². The molecule has 0 radical (unpaired) electrons. The van der Waals surface area contributed by atoms with E-state index in [2.05, 4.69) is 26.1 Å². The van der Waals surface area contributed by atoms with Crippen LogP contribution in [0.25, 0.3) is 0 Å². The van der Waals surface area contributed by atoms with Crippen molar-refractivity contribution in [1.82, 2.24) is 24.5 Å². The Morgan fingerprint density at radius 2 is 2.30 bits per heavy atom. The lowest BCUT2D eigenvalue weighted by Gasteiger charge is -2.14. The Labute approximate surface area is 125 Å². The smallest absolute Gasteiger partial charge is 0.274 e. The van der Waals surface area contributed by atoms with Crippen LogP contribution in [-0.4, -0.2) is 44.0 Å². The highest BCUT2D eigenvalue weighted by Crippen LogP contribution is 2.29. The van der Waals surface area contributed by atoms with Crippen LogP contribution in [0.15, 0.2) is 29.1 Å². The molecule has 1 aliphatic rings. The van der Waals surface area contributed by atoms with Gasteiger partial charge in [-0.25, -0.2) is 4.68 Å². The third-order valence-corrected chi connectivity index (χ3v) is 3.74. The molecule has 0 spiro atoms. The van der Waals surface area contributed by atoms with E-state index in [1.807, 2.05) is 13.2 Å². The lowest BCUT2D eigenvalue weighted by molar-refractivity contribution is 0.0782. The van der Waals surface area contributed by atoms with Crippen molar-refractivity contribution in [1.29, 1.82) is 0 Å². The van der Waals surface area contributed by atoms with Gasteiger partial charge in [0.05, 0.1) is 10.7 Å². The Morgan fingerprint density at radius 1 is 1.50 bits per heavy atom. The molecule has 106 valence electrons. The maximum Gasteiger partial charge on any atom is 0.274 e. The van der Waals surface area contributed by atoms with E-state index >= 15 is 0 Å². The van der Waals surface area contributed by atoms with Gasteiger partial charge in [0.1, 0.15) is 12.4 Å². The Balaban J connectivity index is 1.64. The summed E-state index contributed by atoms with van der Waals surface area (Å²) >= 11 is 3.35. The van der Waals surface area contributed by atoms with E-state index < -0.39 is 0 Å². The fourth-order valence-corrected chi connectivity index (χ4v) is 2.41. The SMILES string of the molecule is CN(CC1CC1)C(=O)c1ccn(Cn2cc(Br)cn2)n1. The van der Waals surface area contributed by atoms with Crippen molar-refractivity contribution in [2.75, 3.05) is 13.6 Å². The van der Waals surface area contributed by atoms with Gasteiger partial charge in [-0.1, -0.05) is 0 Å². The number of carbonyl (C=O) groups excluding carboxylic acids is 1. The number of carbonyl (C=O) groups is 1. The number of amides is 1. The van der Waals surface area contributed by atoms with Gasteiger partial charge in [0.15, 0.2) is 0 Å². The number of nitrogens with zero attached hydrogens (tertiary/aromatic N) is 5. The van der Waals surface area contributed by atoms with E-state index in [1.54, 1.807) is 32.7 Å². The Morgan fingerprint density at radius 3 is 2.95 bits per heavy atom. The number of hydrogen-bond acceptors (Lipinski definition) is 3. The van der Waals surface area contributed by atoms with Gasteiger partial charge in [0.2, 0.25) is 0 Å². The largest absolute Gasteiger partial charge is 0.340 e. The van der Waals surface area contributed by atoms with Gasteiger partial charge in [0, 0.05) is 26.0 Å². The van der Waals surface area contributed by atoms with E-state index in [0.717, 1.165) is 11.0 Å². The summed E-state index contributed by atoms with van der Waals surface area (Å²) in [6.45, 7) is 1.32. The predicted molar refractivity (Wildman–Crippen MR) is 77.2 cm³/mol. The average molecular weight is 338 g/mol. The summed E-state index contributed by atoms with van der Waals surface area (Å²) in [5.41, 5.74) is 0.486. The van der Waals surface area contributed by atoms with E-state index in [4.69, 9.17) is 0 Å². The molecule has 1 saturated carbocycles. The molecule has 1 aliphatic carbocycles. The molecule has 1 amide bonds. The monoisotopic (exact) mass is 337 g/mol. The molecule has 0 aromatic carbocycles. The van der Waals surface area contributed by atoms with Crippen molar-refractivity contribution >= 4 is 21.8 Å². The second kappa shape index (κ2) is 5.40. The molecular formula is C13H16BrN5O. The van der Waals surface area contributed by atoms with Crippen LogP contribution in [0.2, 0.25) is 0 Å². The van der Waals surface area contributed by atoms with Crippen LogP contribution in [0.5, 0.6) is 0 Å². The molecule has 0 aliphatic heterocycles. The number of halogens is 1. The van der Waals surface area contributed by atoms with Crippen molar-refractivity contribution in [2.24, 2.45) is 5.92 Å². The maximum absolute atomic E-state index is 12.2. The maximum atomic E-state index is 12.2. The lowest BCUT2D eigenvalue weighted by Crippen LogP contribution is -2.29. The van der Waals surface area contributed by atoms with Crippen molar-refractivity contribution in [2.45, 2.75) is 19.5 Å². The molecular weight excluding hydrogens is 322 g/mol. The van der Waals surface area contributed by atoms with Gasteiger partial charge in [-0.3, -0.25) is 9.48 Å². The first kappa shape index (κ1) is 13.4. The van der Waals surface area contributed by atoms with E-state index in [-0.39, 0.29) is 5.91 Å². The first-order valence-electron chi connectivity index (χ1n) is 6.58. The standard InChI is InChI=1S/C13H16BrN5O/c1-17(7-10-2-3-10)13(20)12-4-5-18(16-12)9-19-8-11(14)6-15-19/h4-6,8,10H,2-3,7,9H2,1H3. The van der Waals surface area contributed by atoms with Crippen LogP contribution in [-0.2, 0) is 6.67 Å². The van der Waals surface area contributed by atoms with Crippen molar-refractivity contribution in [3.05, 3.63) is 34.8 Å². The van der Waals surface area contributed by atoms with Crippen LogP contribution in [0, 0.1) is 5.92 Å². The van der Waals surface area contributed by atoms with Gasteiger partial charge in [0.25, 0.3) is 5.91 Å². The summed E-state index contributed by atoms with van der Waals surface area (Å²) in [6, 6.07) is 1.75. The van der Waals surface area contributed by atoms with Gasteiger partial charge in [-0.05, 0) is 40.8 Å². The molecule has 0 atom stereocenters. The molecule has 2 aromatic heterocycles. The molecule has 2 heterocycles. The first-order valence-corrected chi connectivity index (χ1v) is 7.38. The molecule has 0 N–H and O–H groups in total. The minimum atomic E-state index is -0.0164. The third kappa shape index (κ3) is 3.09. The summed E-state index contributed by atoms with van der Waals surface area (Å²) in [5.74, 6) is 0.671. The zero-order chi connectivity index (χ0) is 14.1. The summed E-state index contributed by atoms with van der Waals surface area (Å²) < 4.78 is 4.38. The first-order chi connectivity index (χ1) is 9.61. The highest BCUT2D eigenvalue weighted by Gasteiger charge is 2.26. The fourth-order valence-electron chi connectivity index (χ4n) is 2.08. The second-order valence-electron chi connectivity index (χ2n) is 5.21. The van der Waals surface area contributed by atoms with Crippen molar-refractivity contribution in [3.8, 4) is 0 Å². The van der Waals surface area contributed by atoms with Crippen LogP contribution in [0.1, 0.15) is 23.3 Å². The highest BCUT2D eigenvalue weighted by atomic mass is 79.9. The number of hydrogen-bond donors (Lipinski definition) is 0. The predicted octanol–water partition coefficient (Wildman–Crippen LogP) is 1.83. The van der Waals surface area contributed by atoms with Gasteiger partial charge >= 0.3 is 0 Å². The molecule has 2 aromatic rings. The average Bonchev–Trinajstić information content (AvgIpc) is 2.95. The normalized spacial score (nSPS) is 14.5. The minimum absolute atomic E-state index is 0.0164. The molecule has 6 nitrogen and oxygen atoms in total. The molecule has 3 rings (SSSR count). The van der Waals surface area contributed by atoms with Crippen molar-refractivity contribution < 1.29 is 4.79 Å². The minimum Gasteiger partial charge on any atom is -0.340 e. The zero-order valence-corrected chi connectivity index (χ0v) is 12.8. The molecule has 20 heavy (non-hydrogen) atoms. The topological polar surface area (TPSA) is 56.0 Å². The van der Waals surface area contributed by atoms with E-state index in [0.29, 0.717) is 18.3 Å². The number of rotatable bonds is 5. The highest BCUT2D eigenvalue weighted by molar-refractivity contribution is 9.10. The molecule has 0 bridgehead atoms. The fraction of sp³-hybridized carbons (Fsp3) is 0.462. The third-order valence-electron chi connectivity index (χ3n) is 3.33. The molecule has 1 fully saturated rings. The summed E-state index contributed by atoms with van der Waals surface area (Å²) in [7, 11) is 1.84. The van der Waals surface area contributed by atoms with Crippen molar-refractivity contribution in [3.63, 3.8) is 0 Å². The Hall–Kier alpha value is -1.63. The Bertz CT molecular complexity index is 616. The second-order valence-corrected chi connectivity index (χ2v) is 6.12. The summed E-state index contributed by atoms with van der Waals surface area (Å²) in [6.07, 6.45) is 7.86. The van der Waals surface area contributed by atoms with Crippen LogP contribution in [0.4, 0.5) is 0 Å². The Kier molecular flexibility index (Phi) is 3.60. The van der Waals surface area contributed by atoms with Gasteiger partial charge in [-0.2, -0.15) is 10.2 Å². The van der Waals surface area contributed by atoms with Crippen LogP contribution < -0.4 is 0 Å². The van der Waals surface area contributed by atoms with Crippen LogP contribution in [0.3, 0.4) is 0 Å². The van der Waals surface area contributed by atoms with Crippen LogP contribution >= 0.6 is 15.9 Å². The van der Waals surface area contributed by atoms with Gasteiger partial charge < -0.3 is 4.90 Å². The summed E-state index contributed by atoms with van der Waals surface area (Å²) in [4.78, 5) is 14.0. The van der Waals surface area contributed by atoms with Gasteiger partial charge in [-0.15, -0.1) is 0 Å². The molecule has 7 heteroatoms. The molecule has 0 unspecified atom stereocenters. The summed E-state index contributed by atoms with van der Waals surface area (Å²) in [5, 5.41) is 8.47.